The van der Waals surface area contributed by atoms with Gasteiger partial charge in [-0.1, -0.05) is 37.9 Å². The summed E-state index contributed by atoms with van der Waals surface area (Å²) in [5.74, 6) is -0.876. The Balaban J connectivity index is 2.21. The van der Waals surface area contributed by atoms with Gasteiger partial charge < -0.3 is 15.7 Å². The molecule has 0 unspecified atom stereocenters. The highest BCUT2D eigenvalue weighted by Crippen LogP contribution is 2.23. The molecule has 2 amide bonds. The molecule has 0 bridgehead atoms. The van der Waals surface area contributed by atoms with E-state index >= 15 is 0 Å². The predicted octanol–water partition coefficient (Wildman–Crippen LogP) is 3.74. The molecule has 2 aromatic rings. The van der Waals surface area contributed by atoms with Crippen molar-refractivity contribution < 1.29 is 14.7 Å². The maximum atomic E-state index is 12.2. The van der Waals surface area contributed by atoms with Gasteiger partial charge in [0.1, 0.15) is 5.75 Å². The van der Waals surface area contributed by atoms with Crippen LogP contribution in [0.5, 0.6) is 5.75 Å². The smallest absolute Gasteiger partial charge is 0.259 e. The van der Waals surface area contributed by atoms with Crippen molar-refractivity contribution in [3.8, 4) is 5.75 Å². The lowest BCUT2D eigenvalue weighted by molar-refractivity contribution is -0.113. The van der Waals surface area contributed by atoms with Crippen molar-refractivity contribution in [1.82, 2.24) is 0 Å². The van der Waals surface area contributed by atoms with Crippen molar-refractivity contribution >= 4 is 55.0 Å². The lowest BCUT2D eigenvalue weighted by atomic mass is 10.1. The highest BCUT2D eigenvalue weighted by atomic mass is 79.9. The molecule has 0 aromatic heterocycles. The average Bonchev–Trinajstić information content (AvgIpc) is 2.49. The summed E-state index contributed by atoms with van der Waals surface area (Å²) < 4.78 is 0.827. The number of aromatic hydroxyl groups is 1. The van der Waals surface area contributed by atoms with Gasteiger partial charge in [-0.2, -0.15) is 0 Å². The largest absolute Gasteiger partial charge is 0.507 e. The normalized spacial score (nSPS) is 10.1. The Morgan fingerprint density at radius 1 is 1.05 bits per heavy atom. The van der Waals surface area contributed by atoms with Gasteiger partial charge in [0.25, 0.3) is 5.91 Å². The summed E-state index contributed by atoms with van der Waals surface area (Å²) in [4.78, 5) is 23.6. The van der Waals surface area contributed by atoms with E-state index in [0.717, 1.165) is 4.47 Å². The summed E-state index contributed by atoms with van der Waals surface area (Å²) in [5.41, 5.74) is 1.10. The monoisotopic (exact) mass is 426 g/mol. The maximum absolute atomic E-state index is 12.2. The number of carbonyl (C=O) groups excluding carboxylic acids is 2. The number of amides is 2. The third kappa shape index (κ3) is 4.32. The van der Waals surface area contributed by atoms with Crippen LogP contribution in [0.15, 0.2) is 46.9 Å². The van der Waals surface area contributed by atoms with Gasteiger partial charge in [0.05, 0.1) is 10.9 Å². The second-order valence-electron chi connectivity index (χ2n) is 4.38. The van der Waals surface area contributed by atoms with E-state index in [4.69, 9.17) is 0 Å². The van der Waals surface area contributed by atoms with Gasteiger partial charge in [-0.15, -0.1) is 0 Å². The number of nitrogens with one attached hydrogen (secondary N) is 2. The fourth-order valence-electron chi connectivity index (χ4n) is 1.75. The molecule has 22 heavy (non-hydrogen) atoms. The van der Waals surface area contributed by atoms with Crippen molar-refractivity contribution in [1.29, 1.82) is 0 Å². The maximum Gasteiger partial charge on any atom is 0.259 e. The van der Waals surface area contributed by atoms with Crippen molar-refractivity contribution in [2.24, 2.45) is 0 Å². The zero-order valence-electron chi connectivity index (χ0n) is 11.3. The highest BCUT2D eigenvalue weighted by Gasteiger charge is 2.13. The Bertz CT molecular complexity index is 720. The number of phenols is 1. The molecule has 0 atom stereocenters. The molecule has 0 aliphatic heterocycles. The predicted molar refractivity (Wildman–Crippen MR) is 92.6 cm³/mol. The molecule has 5 nitrogen and oxygen atoms in total. The molecule has 7 heteroatoms. The number of alkyl halides is 1. The first-order chi connectivity index (χ1) is 10.5. The summed E-state index contributed by atoms with van der Waals surface area (Å²) in [6.45, 7) is 0. The molecule has 0 fully saturated rings. The zero-order chi connectivity index (χ0) is 16.1. The van der Waals surface area contributed by atoms with Gasteiger partial charge in [-0.25, -0.2) is 0 Å². The van der Waals surface area contributed by atoms with E-state index in [2.05, 4.69) is 42.5 Å². The fraction of sp³-hybridized carbons (Fsp3) is 0.0667. The van der Waals surface area contributed by atoms with E-state index in [0.29, 0.717) is 11.4 Å². The molecule has 114 valence electrons. The van der Waals surface area contributed by atoms with Crippen molar-refractivity contribution in [3.05, 3.63) is 52.5 Å². The van der Waals surface area contributed by atoms with Gasteiger partial charge in [0, 0.05) is 15.8 Å². The van der Waals surface area contributed by atoms with E-state index in [1.165, 1.54) is 18.2 Å². The van der Waals surface area contributed by atoms with Gasteiger partial charge in [0.2, 0.25) is 5.91 Å². The molecule has 0 aliphatic carbocycles. The summed E-state index contributed by atoms with van der Waals surface area (Å²) >= 11 is 6.36. The summed E-state index contributed by atoms with van der Waals surface area (Å²) in [7, 11) is 0. The molecule has 0 spiro atoms. The standard InChI is InChI=1S/C15H12Br2N2O3/c16-8-14(21)18-11-4-5-13(20)12(7-11)15(22)19-10-3-1-2-9(17)6-10/h1-7,20H,8H2,(H,18,21)(H,19,22). The molecular formula is C15H12Br2N2O3. The van der Waals surface area contributed by atoms with E-state index in [1.54, 1.807) is 18.2 Å². The number of hydrogen-bond donors (Lipinski definition) is 3. The first kappa shape index (κ1) is 16.5. The highest BCUT2D eigenvalue weighted by molar-refractivity contribution is 9.10. The number of hydrogen-bond acceptors (Lipinski definition) is 3. The van der Waals surface area contributed by atoms with Crippen LogP contribution in [0.3, 0.4) is 0 Å². The Morgan fingerprint density at radius 3 is 2.45 bits per heavy atom. The molecule has 2 aromatic carbocycles. The minimum Gasteiger partial charge on any atom is -0.507 e. The fourth-order valence-corrected chi connectivity index (χ4v) is 2.29. The Hall–Kier alpha value is -1.86. The van der Waals surface area contributed by atoms with Crippen LogP contribution in [0.2, 0.25) is 0 Å². The van der Waals surface area contributed by atoms with E-state index in [9.17, 15) is 14.7 Å². The van der Waals surface area contributed by atoms with Crippen molar-refractivity contribution in [3.63, 3.8) is 0 Å². The molecular weight excluding hydrogens is 416 g/mol. The SMILES string of the molecule is O=C(CBr)Nc1ccc(O)c(C(=O)Nc2cccc(Br)c2)c1. The third-order valence-corrected chi connectivity index (χ3v) is 3.73. The molecule has 0 saturated carbocycles. The lowest BCUT2D eigenvalue weighted by Crippen LogP contribution is -2.15. The first-order valence-electron chi connectivity index (χ1n) is 6.25. The van der Waals surface area contributed by atoms with Crippen molar-refractivity contribution in [2.45, 2.75) is 0 Å². The topological polar surface area (TPSA) is 78.4 Å². The number of anilines is 2. The van der Waals surface area contributed by atoms with Crippen molar-refractivity contribution in [2.75, 3.05) is 16.0 Å². The van der Waals surface area contributed by atoms with Crippen LogP contribution in [0, 0.1) is 0 Å². The molecule has 2 rings (SSSR count). The molecule has 0 radical (unpaired) electrons. The number of carbonyl (C=O) groups is 2. The molecule has 3 N–H and O–H groups in total. The van der Waals surface area contributed by atoms with Crippen LogP contribution in [-0.4, -0.2) is 22.3 Å². The van der Waals surface area contributed by atoms with Gasteiger partial charge in [0.15, 0.2) is 0 Å². The van der Waals surface area contributed by atoms with E-state index in [1.807, 2.05) is 6.07 Å². The third-order valence-electron chi connectivity index (χ3n) is 2.73. The van der Waals surface area contributed by atoms with Crippen LogP contribution in [-0.2, 0) is 4.79 Å². The minimum absolute atomic E-state index is 0.0762. The number of halogens is 2. The molecule has 0 heterocycles. The molecule has 0 aliphatic rings. The van der Waals surface area contributed by atoms with E-state index in [-0.39, 0.29) is 22.6 Å². The number of rotatable bonds is 4. The second kappa shape index (κ2) is 7.42. The second-order valence-corrected chi connectivity index (χ2v) is 5.85. The summed E-state index contributed by atoms with van der Waals surface area (Å²) in [6.07, 6.45) is 0. The lowest BCUT2D eigenvalue weighted by Gasteiger charge is -2.10. The van der Waals surface area contributed by atoms with Crippen LogP contribution < -0.4 is 10.6 Å². The average molecular weight is 428 g/mol. The molecule has 0 saturated heterocycles. The Morgan fingerprint density at radius 2 is 1.77 bits per heavy atom. The van der Waals surface area contributed by atoms with Crippen LogP contribution in [0.4, 0.5) is 11.4 Å². The zero-order valence-corrected chi connectivity index (χ0v) is 14.4. The summed E-state index contributed by atoms with van der Waals surface area (Å²) in [5, 5.41) is 15.3. The Labute approximate surface area is 144 Å². The van der Waals surface area contributed by atoms with Crippen LogP contribution >= 0.6 is 31.9 Å². The van der Waals surface area contributed by atoms with Gasteiger partial charge >= 0.3 is 0 Å². The van der Waals surface area contributed by atoms with Crippen LogP contribution in [0.1, 0.15) is 10.4 Å². The van der Waals surface area contributed by atoms with E-state index < -0.39 is 5.91 Å². The minimum atomic E-state index is -0.467. The number of phenolic OH excluding ortho intramolecular Hbond substituents is 1. The van der Waals surface area contributed by atoms with Gasteiger partial charge in [-0.3, -0.25) is 9.59 Å². The summed E-state index contributed by atoms with van der Waals surface area (Å²) in [6, 6.07) is 11.4. The first-order valence-corrected chi connectivity index (χ1v) is 8.17. The quantitative estimate of drug-likeness (QED) is 0.513. The van der Waals surface area contributed by atoms with Gasteiger partial charge in [-0.05, 0) is 36.4 Å². The van der Waals surface area contributed by atoms with Crippen LogP contribution in [0.25, 0.3) is 0 Å². The Kier molecular flexibility index (Phi) is 5.57. The number of benzene rings is 2.